The molecular weight excluding hydrogens is 364 g/mol. The maximum Gasteiger partial charge on any atom is 0.239 e. The Hall–Kier alpha value is -2.46. The van der Waals surface area contributed by atoms with Gasteiger partial charge < -0.3 is 21.7 Å². The fourth-order valence-electron chi connectivity index (χ4n) is 2.97. The van der Waals surface area contributed by atoms with E-state index in [9.17, 15) is 0 Å². The lowest BCUT2D eigenvalue weighted by Gasteiger charge is -2.05. The largest absolute Gasteiger partial charge is 1.00 e. The number of pyridine rings is 2. The molecule has 0 saturated carbocycles. The van der Waals surface area contributed by atoms with E-state index in [1.807, 2.05) is 24.4 Å². The molecule has 4 rings (SSSR count). The minimum atomic E-state index is 0. The first-order chi connectivity index (χ1) is 11.3. The van der Waals surface area contributed by atoms with Crippen LogP contribution in [0.2, 0.25) is 0 Å². The van der Waals surface area contributed by atoms with Gasteiger partial charge >= 0.3 is 0 Å². The van der Waals surface area contributed by atoms with Gasteiger partial charge in [0, 0.05) is 28.6 Å². The number of methoxy groups -OCH3 is 1. The van der Waals surface area contributed by atoms with Crippen LogP contribution in [0.15, 0.2) is 73.1 Å². The normalized spacial score (nSPS) is 10.5. The lowest BCUT2D eigenvalue weighted by Crippen LogP contribution is -3.00. The van der Waals surface area contributed by atoms with Gasteiger partial charge in [0.15, 0.2) is 12.7 Å². The molecule has 0 radical (unpaired) electrons. The van der Waals surface area contributed by atoms with Crippen molar-refractivity contribution in [2.45, 2.75) is 6.54 Å². The van der Waals surface area contributed by atoms with Crippen LogP contribution >= 0.6 is 0 Å². The summed E-state index contributed by atoms with van der Waals surface area (Å²) in [6, 6.07) is 20.8. The molecule has 2 aromatic heterocycles. The molecule has 0 saturated heterocycles. The van der Waals surface area contributed by atoms with E-state index in [4.69, 9.17) is 4.74 Å². The van der Waals surface area contributed by atoms with Crippen LogP contribution in [0.25, 0.3) is 21.8 Å². The summed E-state index contributed by atoms with van der Waals surface area (Å²) in [5, 5.41) is 2.36. The van der Waals surface area contributed by atoms with Gasteiger partial charge in [-0.25, -0.2) is 4.98 Å². The Morgan fingerprint density at radius 3 is 2.46 bits per heavy atom. The third kappa shape index (κ3) is 2.97. The molecule has 0 N–H and O–H groups in total. The Bertz CT molecular complexity index is 984. The molecule has 24 heavy (non-hydrogen) atoms. The summed E-state index contributed by atoms with van der Waals surface area (Å²) in [7, 11) is 1.69. The molecule has 4 aromatic rings. The van der Waals surface area contributed by atoms with E-state index < -0.39 is 0 Å². The molecule has 2 heterocycles. The fraction of sp³-hybridized carbons (Fsp3) is 0.100. The Labute approximate surface area is 151 Å². The minimum Gasteiger partial charge on any atom is -1.00 e. The van der Waals surface area contributed by atoms with Crippen LogP contribution in [0.3, 0.4) is 0 Å². The van der Waals surface area contributed by atoms with E-state index in [0.29, 0.717) is 0 Å². The summed E-state index contributed by atoms with van der Waals surface area (Å²) in [4.78, 5) is 4.60. The summed E-state index contributed by atoms with van der Waals surface area (Å²) < 4.78 is 7.49. The summed E-state index contributed by atoms with van der Waals surface area (Å²) in [6.07, 6.45) is 3.97. The highest BCUT2D eigenvalue weighted by atomic mass is 79.9. The maximum absolute atomic E-state index is 5.23. The van der Waals surface area contributed by atoms with Gasteiger partial charge in [0.2, 0.25) is 5.52 Å². The number of rotatable bonds is 3. The van der Waals surface area contributed by atoms with Crippen molar-refractivity contribution in [1.82, 2.24) is 4.98 Å². The number of ether oxygens (including phenoxy) is 1. The van der Waals surface area contributed by atoms with Gasteiger partial charge in [0.25, 0.3) is 0 Å². The second-order valence-electron chi connectivity index (χ2n) is 5.56. The van der Waals surface area contributed by atoms with Crippen molar-refractivity contribution < 1.29 is 26.3 Å². The third-order valence-electron chi connectivity index (χ3n) is 4.12. The van der Waals surface area contributed by atoms with Crippen LogP contribution in [-0.4, -0.2) is 12.1 Å². The van der Waals surface area contributed by atoms with Crippen LogP contribution in [-0.2, 0) is 6.54 Å². The van der Waals surface area contributed by atoms with Gasteiger partial charge in [-0.3, -0.25) is 0 Å². The van der Waals surface area contributed by atoms with E-state index in [-0.39, 0.29) is 17.0 Å². The molecule has 0 fully saturated rings. The highest BCUT2D eigenvalue weighted by molar-refractivity contribution is 6.00. The molecule has 0 aliphatic heterocycles. The van der Waals surface area contributed by atoms with Crippen molar-refractivity contribution in [3.63, 3.8) is 0 Å². The summed E-state index contributed by atoms with van der Waals surface area (Å²) >= 11 is 0. The zero-order chi connectivity index (χ0) is 15.6. The van der Waals surface area contributed by atoms with Gasteiger partial charge in [-0.05, 0) is 42.5 Å². The highest BCUT2D eigenvalue weighted by Gasteiger charge is 2.14. The minimum absolute atomic E-state index is 0. The van der Waals surface area contributed by atoms with E-state index in [0.717, 1.165) is 23.2 Å². The van der Waals surface area contributed by atoms with Crippen molar-refractivity contribution in [1.29, 1.82) is 0 Å². The second kappa shape index (κ2) is 6.97. The predicted octanol–water partition coefficient (Wildman–Crippen LogP) is 0.736. The molecule has 3 nitrogen and oxygen atoms in total. The number of hydrogen-bond acceptors (Lipinski definition) is 2. The Balaban J connectivity index is 0.00000169. The number of halogens is 1. The first kappa shape index (κ1) is 16.4. The zero-order valence-electron chi connectivity index (χ0n) is 13.3. The van der Waals surface area contributed by atoms with Crippen molar-refractivity contribution in [2.24, 2.45) is 0 Å². The topological polar surface area (TPSA) is 26.0 Å². The van der Waals surface area contributed by atoms with Crippen molar-refractivity contribution in [2.75, 3.05) is 7.11 Å². The van der Waals surface area contributed by atoms with E-state index >= 15 is 0 Å². The summed E-state index contributed by atoms with van der Waals surface area (Å²) in [5.74, 6) is 0.879. The van der Waals surface area contributed by atoms with Crippen LogP contribution < -0.4 is 26.3 Å². The van der Waals surface area contributed by atoms with Gasteiger partial charge in [-0.1, -0.05) is 12.1 Å². The lowest BCUT2D eigenvalue weighted by molar-refractivity contribution is -0.661. The Morgan fingerprint density at radius 2 is 1.67 bits per heavy atom. The lowest BCUT2D eigenvalue weighted by atomic mass is 10.1. The highest BCUT2D eigenvalue weighted by Crippen LogP contribution is 2.20. The number of aromatic nitrogens is 2. The number of nitrogens with zero attached hydrogens (tertiary/aromatic N) is 2. The van der Waals surface area contributed by atoms with Gasteiger partial charge in [-0.15, -0.1) is 0 Å². The molecule has 0 aliphatic carbocycles. The number of hydrogen-bond donors (Lipinski definition) is 0. The average Bonchev–Trinajstić information content (AvgIpc) is 2.62. The van der Waals surface area contributed by atoms with Crippen LogP contribution in [0.5, 0.6) is 5.75 Å². The molecule has 0 unspecified atom stereocenters. The van der Waals surface area contributed by atoms with Crippen LogP contribution in [0.4, 0.5) is 0 Å². The van der Waals surface area contributed by atoms with E-state index in [1.54, 1.807) is 7.11 Å². The quantitative estimate of drug-likeness (QED) is 0.387. The van der Waals surface area contributed by atoms with Crippen LogP contribution in [0, 0.1) is 0 Å². The van der Waals surface area contributed by atoms with Crippen molar-refractivity contribution >= 4 is 21.8 Å². The smallest absolute Gasteiger partial charge is 0.239 e. The Kier molecular flexibility index (Phi) is 4.76. The standard InChI is InChI=1S/C20H17N2O.BrH/c1-23-18-10-6-15(7-11-18)14-22-13-3-5-17-9-8-16-4-2-12-21-19(16)20(17)22;/h2-13H,14H2,1H3;1H/q+1;/p-1. The predicted molar refractivity (Wildman–Crippen MR) is 91.5 cm³/mol. The molecular formula is C20H17BrN2O. The third-order valence-corrected chi connectivity index (χ3v) is 4.12. The first-order valence-corrected chi connectivity index (χ1v) is 7.64. The SMILES string of the molecule is COc1ccc(C[n+]2cccc3ccc4cccnc4c32)cc1.[Br-]. The van der Waals surface area contributed by atoms with Gasteiger partial charge in [0.05, 0.1) is 7.11 Å². The van der Waals surface area contributed by atoms with Gasteiger partial charge in [0.1, 0.15) is 11.3 Å². The zero-order valence-corrected chi connectivity index (χ0v) is 14.9. The molecule has 0 amide bonds. The molecule has 2 aromatic carbocycles. The molecule has 120 valence electrons. The van der Waals surface area contributed by atoms with Gasteiger partial charge in [-0.2, -0.15) is 4.57 Å². The maximum atomic E-state index is 5.23. The first-order valence-electron chi connectivity index (χ1n) is 7.64. The molecule has 0 atom stereocenters. The van der Waals surface area contributed by atoms with E-state index in [2.05, 4.69) is 58.2 Å². The van der Waals surface area contributed by atoms with Crippen molar-refractivity contribution in [3.8, 4) is 5.75 Å². The number of benzene rings is 2. The van der Waals surface area contributed by atoms with Crippen molar-refractivity contribution in [3.05, 3.63) is 78.6 Å². The monoisotopic (exact) mass is 380 g/mol. The number of fused-ring (bicyclic) bond motifs is 3. The van der Waals surface area contributed by atoms with Crippen LogP contribution in [0.1, 0.15) is 5.56 Å². The molecule has 0 bridgehead atoms. The Morgan fingerprint density at radius 1 is 0.917 bits per heavy atom. The van der Waals surface area contributed by atoms with E-state index in [1.165, 1.54) is 16.5 Å². The molecule has 4 heteroatoms. The second-order valence-corrected chi connectivity index (χ2v) is 5.56. The summed E-state index contributed by atoms with van der Waals surface area (Å²) in [5.41, 5.74) is 3.44. The fourth-order valence-corrected chi connectivity index (χ4v) is 2.97. The molecule has 0 aliphatic rings. The molecule has 0 spiro atoms. The summed E-state index contributed by atoms with van der Waals surface area (Å²) in [6.45, 7) is 0.803. The average molecular weight is 381 g/mol.